The summed E-state index contributed by atoms with van der Waals surface area (Å²) in [7, 11) is 1.94. The summed E-state index contributed by atoms with van der Waals surface area (Å²) in [5, 5.41) is 4.97. The fraction of sp³-hybridized carbons (Fsp3) is 0.783. The molecule has 170 valence electrons. The van der Waals surface area contributed by atoms with Crippen LogP contribution in [0, 0.1) is 18.3 Å². The Morgan fingerprint density at radius 1 is 1.26 bits per heavy atom. The van der Waals surface area contributed by atoms with Crippen molar-refractivity contribution in [1.29, 1.82) is 0 Å². The van der Waals surface area contributed by atoms with E-state index in [1.54, 1.807) is 0 Å². The van der Waals surface area contributed by atoms with E-state index in [0.29, 0.717) is 24.4 Å². The molecule has 0 radical (unpaired) electrons. The summed E-state index contributed by atoms with van der Waals surface area (Å²) in [5.74, 6) is 1.74. The molecule has 0 N–H and O–H groups in total. The fourth-order valence-corrected chi connectivity index (χ4v) is 6.08. The molecular formula is C23H35N5O3. The van der Waals surface area contributed by atoms with Gasteiger partial charge in [-0.15, -0.1) is 0 Å². The van der Waals surface area contributed by atoms with Crippen LogP contribution in [0.2, 0.25) is 0 Å². The SMILES string of the molecule is Cc1cc(N2CC[C@H]3[C@@H](CC(=O)N3C)C2)nn1C1CC2(C1)CN(C(=O)OC(C)(C)C)C2. The molecule has 4 fully saturated rings. The summed E-state index contributed by atoms with van der Waals surface area (Å²) in [6, 6.07) is 3.00. The molecule has 0 aromatic carbocycles. The Hall–Kier alpha value is -2.25. The van der Waals surface area contributed by atoms with Crippen molar-refractivity contribution in [2.75, 3.05) is 38.1 Å². The zero-order valence-electron chi connectivity index (χ0n) is 19.4. The predicted molar refractivity (Wildman–Crippen MR) is 117 cm³/mol. The average molecular weight is 430 g/mol. The molecule has 31 heavy (non-hydrogen) atoms. The Kier molecular flexibility index (Phi) is 4.58. The van der Waals surface area contributed by atoms with Gasteiger partial charge in [0.25, 0.3) is 0 Å². The van der Waals surface area contributed by atoms with Crippen LogP contribution in [0.15, 0.2) is 6.07 Å². The predicted octanol–water partition coefficient (Wildman–Crippen LogP) is 2.82. The number of carbonyl (C=O) groups is 2. The van der Waals surface area contributed by atoms with Gasteiger partial charge in [0.15, 0.2) is 5.82 Å². The molecule has 1 aliphatic carbocycles. The second-order valence-electron chi connectivity index (χ2n) is 11.3. The van der Waals surface area contributed by atoms with Crippen LogP contribution >= 0.6 is 0 Å². The fourth-order valence-electron chi connectivity index (χ4n) is 6.08. The zero-order chi connectivity index (χ0) is 22.1. The first kappa shape index (κ1) is 20.6. The number of hydrogen-bond acceptors (Lipinski definition) is 5. The minimum Gasteiger partial charge on any atom is -0.444 e. The van der Waals surface area contributed by atoms with E-state index in [1.165, 1.54) is 5.69 Å². The number of rotatable bonds is 2. The van der Waals surface area contributed by atoms with Crippen LogP contribution in [0.1, 0.15) is 58.2 Å². The standard InChI is InChI=1S/C23H35N5O3/c1-15-8-19(26-7-6-18-16(12-26)9-20(29)25(18)5)24-28(15)17-10-23(11-17)13-27(14-23)21(30)31-22(2,3)4/h8,16-18H,6-7,9-14H2,1-5H3/t16-,18-/m0/s1. The normalized spacial score (nSPS) is 27.9. The third-order valence-electron chi connectivity index (χ3n) is 7.64. The largest absolute Gasteiger partial charge is 0.444 e. The first-order valence-electron chi connectivity index (χ1n) is 11.6. The summed E-state index contributed by atoms with van der Waals surface area (Å²) in [6.45, 7) is 11.3. The Bertz CT molecular complexity index is 890. The third-order valence-corrected chi connectivity index (χ3v) is 7.64. The first-order chi connectivity index (χ1) is 14.5. The van der Waals surface area contributed by atoms with Crippen molar-refractivity contribution in [2.24, 2.45) is 11.3 Å². The number of hydrogen-bond donors (Lipinski definition) is 0. The summed E-state index contributed by atoms with van der Waals surface area (Å²) in [5.41, 5.74) is 0.993. The van der Waals surface area contributed by atoms with Gasteiger partial charge in [0.2, 0.25) is 5.91 Å². The zero-order valence-corrected chi connectivity index (χ0v) is 19.4. The lowest BCUT2D eigenvalue weighted by Gasteiger charge is -2.58. The van der Waals surface area contributed by atoms with Gasteiger partial charge in [-0.25, -0.2) is 4.79 Å². The molecule has 1 aromatic rings. The van der Waals surface area contributed by atoms with Crippen LogP contribution in [0.4, 0.5) is 10.6 Å². The number of fused-ring (bicyclic) bond motifs is 1. The second-order valence-corrected chi connectivity index (χ2v) is 11.3. The van der Waals surface area contributed by atoms with Gasteiger partial charge in [-0.3, -0.25) is 9.48 Å². The molecule has 4 heterocycles. The number of piperidine rings is 1. The van der Waals surface area contributed by atoms with Crippen LogP contribution < -0.4 is 4.90 Å². The Morgan fingerprint density at radius 2 is 1.97 bits per heavy atom. The highest BCUT2D eigenvalue weighted by Crippen LogP contribution is 2.54. The minimum absolute atomic E-state index is 0.196. The number of nitrogens with zero attached hydrogens (tertiary/aromatic N) is 5. The van der Waals surface area contributed by atoms with Gasteiger partial charge >= 0.3 is 6.09 Å². The molecule has 3 aliphatic heterocycles. The van der Waals surface area contributed by atoms with E-state index in [-0.39, 0.29) is 17.4 Å². The molecule has 0 bridgehead atoms. The van der Waals surface area contributed by atoms with Gasteiger partial charge in [0.05, 0.1) is 6.04 Å². The van der Waals surface area contributed by atoms with Gasteiger partial charge < -0.3 is 19.4 Å². The molecule has 2 atom stereocenters. The number of carbonyl (C=O) groups excluding carboxylic acids is 2. The topological polar surface area (TPSA) is 70.9 Å². The van der Waals surface area contributed by atoms with E-state index >= 15 is 0 Å². The molecule has 4 aliphatic rings. The van der Waals surface area contributed by atoms with E-state index in [2.05, 4.69) is 22.6 Å². The lowest BCUT2D eigenvalue weighted by atomic mass is 9.61. The number of likely N-dealkylation sites (tertiary alicyclic amines) is 2. The van der Waals surface area contributed by atoms with E-state index in [1.807, 2.05) is 37.6 Å². The van der Waals surface area contributed by atoms with Gasteiger partial charge in [-0.05, 0) is 47.0 Å². The summed E-state index contributed by atoms with van der Waals surface area (Å²) in [4.78, 5) is 30.4. The van der Waals surface area contributed by atoms with Crippen LogP contribution in [0.25, 0.3) is 0 Å². The van der Waals surface area contributed by atoms with Crippen molar-refractivity contribution in [3.8, 4) is 0 Å². The number of ether oxygens (including phenoxy) is 1. The van der Waals surface area contributed by atoms with Crippen LogP contribution in [-0.4, -0.2) is 76.5 Å². The molecular weight excluding hydrogens is 394 g/mol. The molecule has 8 nitrogen and oxygen atoms in total. The van der Waals surface area contributed by atoms with Gasteiger partial charge in [-0.1, -0.05) is 0 Å². The maximum absolute atomic E-state index is 12.2. The highest BCUT2D eigenvalue weighted by molar-refractivity contribution is 5.79. The van der Waals surface area contributed by atoms with Crippen molar-refractivity contribution >= 4 is 17.8 Å². The quantitative estimate of drug-likeness (QED) is 0.723. The smallest absolute Gasteiger partial charge is 0.410 e. The minimum atomic E-state index is -0.444. The highest BCUT2D eigenvalue weighted by atomic mass is 16.6. The number of amides is 2. The molecule has 1 saturated carbocycles. The Morgan fingerprint density at radius 3 is 2.65 bits per heavy atom. The summed E-state index contributed by atoms with van der Waals surface area (Å²) in [6.07, 6.45) is 3.62. The summed E-state index contributed by atoms with van der Waals surface area (Å²) >= 11 is 0. The molecule has 5 rings (SSSR count). The molecule has 1 spiro atoms. The van der Waals surface area contributed by atoms with Crippen molar-refractivity contribution in [3.05, 3.63) is 11.8 Å². The van der Waals surface area contributed by atoms with Crippen LogP contribution in [-0.2, 0) is 9.53 Å². The van der Waals surface area contributed by atoms with Crippen molar-refractivity contribution in [1.82, 2.24) is 19.6 Å². The molecule has 8 heteroatoms. The molecule has 1 aromatic heterocycles. The van der Waals surface area contributed by atoms with Crippen molar-refractivity contribution in [3.63, 3.8) is 0 Å². The molecule has 0 unspecified atom stereocenters. The van der Waals surface area contributed by atoms with Gasteiger partial charge in [0, 0.05) is 68.8 Å². The second kappa shape index (κ2) is 6.87. The van der Waals surface area contributed by atoms with Gasteiger partial charge in [-0.2, -0.15) is 5.10 Å². The Balaban J connectivity index is 1.17. The maximum Gasteiger partial charge on any atom is 0.410 e. The average Bonchev–Trinajstić information content (AvgIpc) is 3.11. The Labute approximate surface area is 184 Å². The maximum atomic E-state index is 12.2. The first-order valence-corrected chi connectivity index (χ1v) is 11.6. The van der Waals surface area contributed by atoms with E-state index < -0.39 is 5.60 Å². The van der Waals surface area contributed by atoms with E-state index in [9.17, 15) is 9.59 Å². The monoisotopic (exact) mass is 429 g/mol. The van der Waals surface area contributed by atoms with Crippen LogP contribution in [0.3, 0.4) is 0 Å². The lowest BCUT2D eigenvalue weighted by Crippen LogP contribution is -2.64. The lowest BCUT2D eigenvalue weighted by molar-refractivity contribution is -0.127. The number of aryl methyl sites for hydroxylation is 1. The third kappa shape index (κ3) is 3.57. The molecule has 2 amide bonds. The van der Waals surface area contributed by atoms with Crippen molar-refractivity contribution < 1.29 is 14.3 Å². The number of anilines is 1. The van der Waals surface area contributed by atoms with Crippen LogP contribution in [0.5, 0.6) is 0 Å². The number of aromatic nitrogens is 2. The van der Waals surface area contributed by atoms with Gasteiger partial charge in [0.1, 0.15) is 5.60 Å². The summed E-state index contributed by atoms with van der Waals surface area (Å²) < 4.78 is 7.68. The highest BCUT2D eigenvalue weighted by Gasteiger charge is 2.55. The molecule has 3 saturated heterocycles. The van der Waals surface area contributed by atoms with E-state index in [4.69, 9.17) is 9.84 Å². The van der Waals surface area contributed by atoms with E-state index in [0.717, 1.165) is 51.3 Å². The van der Waals surface area contributed by atoms with Crippen molar-refractivity contribution in [2.45, 2.75) is 71.1 Å².